The molecule has 0 bridgehead atoms. The Bertz CT molecular complexity index is 374. The highest BCUT2D eigenvalue weighted by Gasteiger charge is 2.04. The van der Waals surface area contributed by atoms with Gasteiger partial charge >= 0.3 is 0 Å². The van der Waals surface area contributed by atoms with Crippen LogP contribution >= 0.6 is 0 Å². The molecule has 0 aliphatic rings. The Balaban J connectivity index is 2.20. The third kappa shape index (κ3) is 5.75. The summed E-state index contributed by atoms with van der Waals surface area (Å²) in [5.41, 5.74) is 7.22. The minimum atomic E-state index is 0.227. The van der Waals surface area contributed by atoms with Crippen molar-refractivity contribution < 1.29 is 9.59 Å². The molecule has 0 aliphatic heterocycles. The van der Waals surface area contributed by atoms with Gasteiger partial charge in [-0.2, -0.15) is 0 Å². The molecule has 5 heteroatoms. The van der Waals surface area contributed by atoms with Gasteiger partial charge in [0.25, 0.3) is 0 Å². The third-order valence-corrected chi connectivity index (χ3v) is 2.61. The number of aromatic hydroxyl groups is 1. The van der Waals surface area contributed by atoms with Crippen molar-refractivity contribution in [2.45, 2.75) is 0 Å². The van der Waals surface area contributed by atoms with Crippen LogP contribution in [0.25, 0.3) is 0 Å². The first kappa shape index (κ1) is 14.6. The van der Waals surface area contributed by atoms with Gasteiger partial charge in [0.1, 0.15) is 5.75 Å². The van der Waals surface area contributed by atoms with Gasteiger partial charge in [0.05, 0.1) is 39.1 Å². The van der Waals surface area contributed by atoms with E-state index >= 15 is 0 Å². The molecule has 0 saturated heterocycles. The number of nitrogens with one attached hydrogen (secondary N) is 2. The maximum absolute atomic E-state index is 9.35. The zero-order valence-electron chi connectivity index (χ0n) is 11.5. The van der Waals surface area contributed by atoms with Gasteiger partial charge in [0, 0.05) is 25.7 Å². The van der Waals surface area contributed by atoms with Crippen molar-refractivity contribution in [3.8, 4) is 5.75 Å². The van der Waals surface area contributed by atoms with E-state index in [4.69, 9.17) is 5.73 Å². The molecular formula is C13H25N4O+. The summed E-state index contributed by atoms with van der Waals surface area (Å²) >= 11 is 0. The molecule has 102 valence electrons. The van der Waals surface area contributed by atoms with Crippen molar-refractivity contribution in [3.63, 3.8) is 0 Å². The zero-order chi connectivity index (χ0) is 13.6. The van der Waals surface area contributed by atoms with Gasteiger partial charge in [-0.15, -0.1) is 0 Å². The predicted octanol–water partition coefficient (Wildman–Crippen LogP) is 0.682. The van der Waals surface area contributed by atoms with E-state index in [0.29, 0.717) is 5.69 Å². The van der Waals surface area contributed by atoms with Crippen LogP contribution in [0.5, 0.6) is 5.75 Å². The van der Waals surface area contributed by atoms with E-state index in [2.05, 4.69) is 31.8 Å². The number of nitrogens with zero attached hydrogens (tertiary/aromatic N) is 1. The summed E-state index contributed by atoms with van der Waals surface area (Å²) < 4.78 is 0.958. The highest BCUT2D eigenvalue weighted by atomic mass is 16.3. The van der Waals surface area contributed by atoms with Gasteiger partial charge in [0.2, 0.25) is 0 Å². The van der Waals surface area contributed by atoms with Crippen LogP contribution in [0.3, 0.4) is 0 Å². The average Bonchev–Trinajstić information content (AvgIpc) is 2.26. The van der Waals surface area contributed by atoms with Crippen molar-refractivity contribution in [2.24, 2.45) is 0 Å². The lowest BCUT2D eigenvalue weighted by Gasteiger charge is -2.23. The molecule has 0 atom stereocenters. The van der Waals surface area contributed by atoms with Crippen LogP contribution in [-0.2, 0) is 0 Å². The van der Waals surface area contributed by atoms with Crippen LogP contribution in [0, 0.1) is 0 Å². The number of likely N-dealkylation sites (N-methyl/N-ethyl adjacent to an activating group) is 1. The number of nitrogen functional groups attached to an aromatic ring is 1. The molecule has 18 heavy (non-hydrogen) atoms. The molecule has 5 nitrogen and oxygen atoms in total. The molecule has 5 N–H and O–H groups in total. The average molecular weight is 253 g/mol. The number of anilines is 2. The first-order valence-electron chi connectivity index (χ1n) is 6.22. The number of hydrogen-bond donors (Lipinski definition) is 4. The topological polar surface area (TPSA) is 70.3 Å². The number of benzene rings is 1. The fourth-order valence-electron chi connectivity index (χ4n) is 1.52. The van der Waals surface area contributed by atoms with E-state index in [1.54, 1.807) is 18.2 Å². The monoisotopic (exact) mass is 253 g/mol. The smallest absolute Gasteiger partial charge is 0.117 e. The van der Waals surface area contributed by atoms with Gasteiger partial charge in [-0.05, 0) is 12.1 Å². The van der Waals surface area contributed by atoms with Gasteiger partial charge in [-0.1, -0.05) is 0 Å². The molecule has 0 heterocycles. The molecule has 1 aromatic rings. The number of nitrogens with two attached hydrogens (primary N) is 1. The molecule has 0 spiro atoms. The highest BCUT2D eigenvalue weighted by Crippen LogP contribution is 2.22. The van der Waals surface area contributed by atoms with Gasteiger partial charge < -0.3 is 26.0 Å². The molecular weight excluding hydrogens is 228 g/mol. The van der Waals surface area contributed by atoms with E-state index in [1.165, 1.54) is 0 Å². The Labute approximate surface area is 109 Å². The maximum atomic E-state index is 9.35. The normalized spacial score (nSPS) is 11.5. The van der Waals surface area contributed by atoms with Gasteiger partial charge in [0.15, 0.2) is 0 Å². The SMILES string of the molecule is C[N+](C)(C)CCNCCNc1cc(O)ccc1N. The first-order chi connectivity index (χ1) is 8.38. The Morgan fingerprint density at radius 3 is 2.56 bits per heavy atom. The second kappa shape index (κ2) is 6.47. The summed E-state index contributed by atoms with van der Waals surface area (Å²) in [7, 11) is 6.52. The minimum Gasteiger partial charge on any atom is -0.508 e. The molecule has 0 radical (unpaired) electrons. The molecule has 0 amide bonds. The summed E-state index contributed by atoms with van der Waals surface area (Å²) in [6.45, 7) is 3.73. The van der Waals surface area contributed by atoms with Crippen molar-refractivity contribution in [1.29, 1.82) is 0 Å². The van der Waals surface area contributed by atoms with Crippen molar-refractivity contribution in [1.82, 2.24) is 5.32 Å². The minimum absolute atomic E-state index is 0.227. The Morgan fingerprint density at radius 1 is 1.17 bits per heavy atom. The maximum Gasteiger partial charge on any atom is 0.117 e. The summed E-state index contributed by atoms with van der Waals surface area (Å²) in [4.78, 5) is 0. The van der Waals surface area contributed by atoms with Crippen molar-refractivity contribution in [2.75, 3.05) is 58.4 Å². The Morgan fingerprint density at radius 2 is 1.89 bits per heavy atom. The van der Waals surface area contributed by atoms with Crippen LogP contribution in [0.2, 0.25) is 0 Å². The first-order valence-corrected chi connectivity index (χ1v) is 6.22. The number of quaternary nitrogens is 1. The van der Waals surface area contributed by atoms with E-state index in [1.807, 2.05) is 0 Å². The zero-order valence-corrected chi connectivity index (χ0v) is 11.5. The van der Waals surface area contributed by atoms with E-state index in [-0.39, 0.29) is 5.75 Å². The predicted molar refractivity (Wildman–Crippen MR) is 76.8 cm³/mol. The lowest BCUT2D eigenvalue weighted by molar-refractivity contribution is -0.869. The molecule has 0 fully saturated rings. The molecule has 0 aliphatic carbocycles. The van der Waals surface area contributed by atoms with Crippen molar-refractivity contribution >= 4 is 11.4 Å². The van der Waals surface area contributed by atoms with Crippen molar-refractivity contribution in [3.05, 3.63) is 18.2 Å². The van der Waals surface area contributed by atoms with Crippen LogP contribution in [0.4, 0.5) is 11.4 Å². The summed E-state index contributed by atoms with van der Waals surface area (Å²) in [5.74, 6) is 0.227. The molecule has 0 aromatic heterocycles. The summed E-state index contributed by atoms with van der Waals surface area (Å²) in [6.07, 6.45) is 0. The number of phenolic OH excluding ortho intramolecular Hbond substituents is 1. The molecule has 1 aromatic carbocycles. The number of rotatable bonds is 7. The van der Waals surface area contributed by atoms with Crippen LogP contribution in [-0.4, -0.2) is 56.9 Å². The lowest BCUT2D eigenvalue weighted by Crippen LogP contribution is -2.41. The Kier molecular flexibility index (Phi) is 5.25. The summed E-state index contributed by atoms with van der Waals surface area (Å²) in [5, 5.41) is 15.9. The van der Waals surface area contributed by atoms with E-state index in [9.17, 15) is 5.11 Å². The number of phenols is 1. The van der Waals surface area contributed by atoms with Gasteiger partial charge in [-0.25, -0.2) is 0 Å². The third-order valence-electron chi connectivity index (χ3n) is 2.61. The van der Waals surface area contributed by atoms with Crippen LogP contribution in [0.1, 0.15) is 0 Å². The van der Waals surface area contributed by atoms with Gasteiger partial charge in [-0.3, -0.25) is 0 Å². The second-order valence-corrected chi connectivity index (χ2v) is 5.46. The second-order valence-electron chi connectivity index (χ2n) is 5.46. The van der Waals surface area contributed by atoms with Crippen LogP contribution < -0.4 is 16.4 Å². The molecule has 0 saturated carbocycles. The largest absolute Gasteiger partial charge is 0.508 e. The van der Waals surface area contributed by atoms with E-state index < -0.39 is 0 Å². The fraction of sp³-hybridized carbons (Fsp3) is 0.538. The molecule has 0 unspecified atom stereocenters. The fourth-order valence-corrected chi connectivity index (χ4v) is 1.52. The standard InChI is InChI=1S/C13H24N4O/c1-17(2,3)9-8-15-6-7-16-13-10-11(18)4-5-12(13)14/h4-5,10,15-16H,6-9,14H2,1-3H3/p+1. The lowest BCUT2D eigenvalue weighted by atomic mass is 10.2. The number of hydrogen-bond acceptors (Lipinski definition) is 4. The summed E-state index contributed by atoms with van der Waals surface area (Å²) in [6, 6.07) is 4.92. The van der Waals surface area contributed by atoms with E-state index in [0.717, 1.165) is 36.3 Å². The highest BCUT2D eigenvalue weighted by molar-refractivity contribution is 5.67. The molecule has 1 rings (SSSR count). The van der Waals surface area contributed by atoms with Crippen LogP contribution in [0.15, 0.2) is 18.2 Å². The Hall–Kier alpha value is -1.46. The quantitative estimate of drug-likeness (QED) is 0.250.